The Balaban J connectivity index is 1.47. The largest absolute Gasteiger partial charge is 0.339 e. The molecule has 1 saturated heterocycles. The van der Waals surface area contributed by atoms with Crippen molar-refractivity contribution in [2.45, 2.75) is 57.4 Å². The van der Waals surface area contributed by atoms with Gasteiger partial charge in [0.25, 0.3) is 0 Å². The Kier molecular flexibility index (Phi) is 2.28. The number of carbonyl (C=O) groups excluding carboxylic acids is 1. The van der Waals surface area contributed by atoms with E-state index in [9.17, 15) is 4.79 Å². The predicted octanol–water partition coefficient (Wildman–Crippen LogP) is 2.82. The lowest BCUT2D eigenvalue weighted by atomic mass is 9.90. The van der Waals surface area contributed by atoms with Gasteiger partial charge in [-0.05, 0) is 62.7 Å². The quantitative estimate of drug-likeness (QED) is 0.682. The molecule has 4 atom stereocenters. The summed E-state index contributed by atoms with van der Waals surface area (Å²) in [6.45, 7) is 1.06. The molecular weight excluding hydrogens is 210 g/mol. The Morgan fingerprint density at radius 3 is 2.47 bits per heavy atom. The molecule has 3 saturated carbocycles. The van der Waals surface area contributed by atoms with Crippen LogP contribution in [-0.2, 0) is 4.79 Å². The van der Waals surface area contributed by atoms with E-state index >= 15 is 0 Å². The summed E-state index contributed by atoms with van der Waals surface area (Å²) in [5.41, 5.74) is 0. The van der Waals surface area contributed by atoms with Crippen molar-refractivity contribution in [2.75, 3.05) is 6.54 Å². The summed E-state index contributed by atoms with van der Waals surface area (Å²) >= 11 is 0. The first-order chi connectivity index (χ1) is 8.33. The van der Waals surface area contributed by atoms with Crippen LogP contribution in [0.25, 0.3) is 0 Å². The lowest BCUT2D eigenvalue weighted by Gasteiger charge is -2.39. The maximum atomic E-state index is 12.6. The fraction of sp³-hybridized carbons (Fsp3) is 0.933. The predicted molar refractivity (Wildman–Crippen MR) is 66.4 cm³/mol. The van der Waals surface area contributed by atoms with E-state index in [1.807, 2.05) is 0 Å². The molecule has 3 aliphatic carbocycles. The fourth-order valence-electron chi connectivity index (χ4n) is 4.88. The van der Waals surface area contributed by atoms with Gasteiger partial charge in [-0.1, -0.05) is 6.42 Å². The highest BCUT2D eigenvalue weighted by molar-refractivity contribution is 5.80. The zero-order chi connectivity index (χ0) is 11.4. The molecule has 1 amide bonds. The second-order valence-electron chi connectivity index (χ2n) is 6.86. The van der Waals surface area contributed by atoms with E-state index < -0.39 is 0 Å². The highest BCUT2D eigenvalue weighted by Crippen LogP contribution is 2.55. The van der Waals surface area contributed by atoms with Crippen LogP contribution in [0, 0.1) is 23.7 Å². The number of fused-ring (bicyclic) bond motifs is 2. The van der Waals surface area contributed by atoms with Crippen LogP contribution in [0.3, 0.4) is 0 Å². The highest BCUT2D eigenvalue weighted by atomic mass is 16.2. The molecule has 1 heterocycles. The first kappa shape index (κ1) is 10.4. The van der Waals surface area contributed by atoms with Gasteiger partial charge in [0.1, 0.15) is 0 Å². The van der Waals surface area contributed by atoms with Crippen molar-refractivity contribution >= 4 is 5.91 Å². The van der Waals surface area contributed by atoms with Crippen molar-refractivity contribution in [1.29, 1.82) is 0 Å². The Hall–Kier alpha value is -0.530. The summed E-state index contributed by atoms with van der Waals surface area (Å²) in [6.07, 6.45) is 10.5. The van der Waals surface area contributed by atoms with Crippen molar-refractivity contribution in [1.82, 2.24) is 4.90 Å². The van der Waals surface area contributed by atoms with Gasteiger partial charge in [0.05, 0.1) is 0 Å². The molecule has 2 nitrogen and oxygen atoms in total. The molecule has 17 heavy (non-hydrogen) atoms. The molecule has 4 unspecified atom stereocenters. The maximum Gasteiger partial charge on any atom is 0.225 e. The molecule has 0 aromatic rings. The molecule has 0 spiro atoms. The van der Waals surface area contributed by atoms with E-state index in [2.05, 4.69) is 4.90 Å². The summed E-state index contributed by atoms with van der Waals surface area (Å²) in [4.78, 5) is 14.9. The number of amides is 1. The minimum atomic E-state index is 0.415. The number of hydrogen-bond acceptors (Lipinski definition) is 1. The number of piperidine rings is 1. The van der Waals surface area contributed by atoms with Gasteiger partial charge in [0.2, 0.25) is 5.91 Å². The average Bonchev–Trinajstić information content (AvgIpc) is 2.82. The zero-order valence-corrected chi connectivity index (χ0v) is 10.6. The SMILES string of the molecule is O=C(C1CC2CC2C1)N1CCCC2CCCC21. The van der Waals surface area contributed by atoms with E-state index in [1.165, 1.54) is 51.4 Å². The second kappa shape index (κ2) is 3.73. The van der Waals surface area contributed by atoms with Crippen LogP contribution in [0.5, 0.6) is 0 Å². The number of hydrogen-bond donors (Lipinski definition) is 0. The monoisotopic (exact) mass is 233 g/mol. The summed E-state index contributed by atoms with van der Waals surface area (Å²) in [5.74, 6) is 3.68. The van der Waals surface area contributed by atoms with Crippen molar-refractivity contribution < 1.29 is 4.79 Å². The molecule has 4 aliphatic rings. The second-order valence-corrected chi connectivity index (χ2v) is 6.86. The molecule has 94 valence electrons. The Labute approximate surface area is 104 Å². The number of rotatable bonds is 1. The van der Waals surface area contributed by atoms with Gasteiger partial charge in [0.15, 0.2) is 0 Å². The molecule has 0 radical (unpaired) electrons. The third kappa shape index (κ3) is 1.63. The summed E-state index contributed by atoms with van der Waals surface area (Å²) in [5, 5.41) is 0. The average molecular weight is 233 g/mol. The molecule has 4 fully saturated rings. The van der Waals surface area contributed by atoms with E-state index in [1.54, 1.807) is 0 Å². The minimum Gasteiger partial charge on any atom is -0.339 e. The third-order valence-electron chi connectivity index (χ3n) is 5.87. The molecule has 4 rings (SSSR count). The van der Waals surface area contributed by atoms with E-state index in [0.29, 0.717) is 17.9 Å². The molecule has 0 aromatic heterocycles. The number of nitrogens with zero attached hydrogens (tertiary/aromatic N) is 1. The third-order valence-corrected chi connectivity index (χ3v) is 5.87. The highest BCUT2D eigenvalue weighted by Gasteiger charge is 2.50. The van der Waals surface area contributed by atoms with Gasteiger partial charge < -0.3 is 4.90 Å². The molecular formula is C15H23NO. The van der Waals surface area contributed by atoms with E-state index in [-0.39, 0.29) is 0 Å². The van der Waals surface area contributed by atoms with E-state index in [0.717, 1.165) is 24.3 Å². The van der Waals surface area contributed by atoms with Gasteiger partial charge in [-0.25, -0.2) is 0 Å². The standard InChI is InChI=1S/C15H23NO/c17-15(13-8-11-7-12(11)9-13)16-6-2-4-10-3-1-5-14(10)16/h10-14H,1-9H2. The van der Waals surface area contributed by atoms with E-state index in [4.69, 9.17) is 0 Å². The van der Waals surface area contributed by atoms with Gasteiger partial charge >= 0.3 is 0 Å². The molecule has 0 aromatic carbocycles. The van der Waals surface area contributed by atoms with Crippen LogP contribution in [-0.4, -0.2) is 23.4 Å². The van der Waals surface area contributed by atoms with Gasteiger partial charge in [-0.2, -0.15) is 0 Å². The van der Waals surface area contributed by atoms with Crippen LogP contribution < -0.4 is 0 Å². The summed E-state index contributed by atoms with van der Waals surface area (Å²) < 4.78 is 0. The molecule has 2 heteroatoms. The molecule has 0 N–H and O–H groups in total. The first-order valence-corrected chi connectivity index (χ1v) is 7.63. The Morgan fingerprint density at radius 2 is 1.65 bits per heavy atom. The minimum absolute atomic E-state index is 0.415. The van der Waals surface area contributed by atoms with Crippen molar-refractivity contribution in [3.8, 4) is 0 Å². The van der Waals surface area contributed by atoms with Gasteiger partial charge in [-0.3, -0.25) is 4.79 Å². The molecule has 1 aliphatic heterocycles. The van der Waals surface area contributed by atoms with Gasteiger partial charge in [-0.15, -0.1) is 0 Å². The Morgan fingerprint density at radius 1 is 0.882 bits per heavy atom. The fourth-order valence-corrected chi connectivity index (χ4v) is 4.88. The summed E-state index contributed by atoms with van der Waals surface area (Å²) in [6, 6.07) is 0.633. The van der Waals surface area contributed by atoms with Crippen LogP contribution in [0.1, 0.15) is 51.4 Å². The van der Waals surface area contributed by atoms with Crippen LogP contribution >= 0.6 is 0 Å². The number of likely N-dealkylation sites (tertiary alicyclic amines) is 1. The lowest BCUT2D eigenvalue weighted by Crippen LogP contribution is -2.48. The van der Waals surface area contributed by atoms with Crippen LogP contribution in [0.15, 0.2) is 0 Å². The first-order valence-electron chi connectivity index (χ1n) is 7.63. The van der Waals surface area contributed by atoms with Crippen LogP contribution in [0.4, 0.5) is 0 Å². The van der Waals surface area contributed by atoms with Crippen LogP contribution in [0.2, 0.25) is 0 Å². The normalized spacial score (nSPS) is 47.8. The zero-order valence-electron chi connectivity index (χ0n) is 10.6. The van der Waals surface area contributed by atoms with Crippen molar-refractivity contribution in [3.63, 3.8) is 0 Å². The summed E-state index contributed by atoms with van der Waals surface area (Å²) in [7, 11) is 0. The molecule has 0 bridgehead atoms. The van der Waals surface area contributed by atoms with Crippen molar-refractivity contribution in [2.24, 2.45) is 23.7 Å². The Bertz CT molecular complexity index is 330. The maximum absolute atomic E-state index is 12.6. The van der Waals surface area contributed by atoms with Gasteiger partial charge in [0, 0.05) is 18.5 Å². The smallest absolute Gasteiger partial charge is 0.225 e. The topological polar surface area (TPSA) is 20.3 Å². The lowest BCUT2D eigenvalue weighted by molar-refractivity contribution is -0.140. The number of carbonyl (C=O) groups is 1. The van der Waals surface area contributed by atoms with Crippen molar-refractivity contribution in [3.05, 3.63) is 0 Å².